The van der Waals surface area contributed by atoms with Crippen LogP contribution in [0.1, 0.15) is 21.1 Å². The molecule has 18 heavy (non-hydrogen) atoms. The molecule has 2 aromatic heterocycles. The molecule has 0 unspecified atom stereocenters. The standard InChI is InChI=1S/C13H14N2O2S/c1-9-4-3-5-10(14-9)7-15(2)11-6-12(13(16)17)18-8-11/h3-6,8H,7H2,1-2H3,(H,16,17). The third-order valence-electron chi connectivity index (χ3n) is 2.58. The number of aromatic nitrogens is 1. The lowest BCUT2D eigenvalue weighted by Crippen LogP contribution is -2.16. The lowest BCUT2D eigenvalue weighted by molar-refractivity contribution is 0.0702. The summed E-state index contributed by atoms with van der Waals surface area (Å²) in [5, 5.41) is 10.7. The quantitative estimate of drug-likeness (QED) is 0.920. The molecule has 0 saturated heterocycles. The second kappa shape index (κ2) is 5.18. The Morgan fingerprint density at radius 3 is 2.89 bits per heavy atom. The van der Waals surface area contributed by atoms with Crippen LogP contribution >= 0.6 is 11.3 Å². The highest BCUT2D eigenvalue weighted by molar-refractivity contribution is 7.12. The van der Waals surface area contributed by atoms with E-state index >= 15 is 0 Å². The number of rotatable bonds is 4. The number of aromatic carboxylic acids is 1. The van der Waals surface area contributed by atoms with Crippen LogP contribution in [0.2, 0.25) is 0 Å². The molecule has 0 atom stereocenters. The van der Waals surface area contributed by atoms with Crippen molar-refractivity contribution in [1.29, 1.82) is 0 Å². The molecule has 0 bridgehead atoms. The summed E-state index contributed by atoms with van der Waals surface area (Å²) in [6.45, 7) is 2.62. The van der Waals surface area contributed by atoms with Gasteiger partial charge in [0.25, 0.3) is 0 Å². The third kappa shape index (κ3) is 2.87. The van der Waals surface area contributed by atoms with Gasteiger partial charge in [0.2, 0.25) is 0 Å². The lowest BCUT2D eigenvalue weighted by atomic mass is 10.3. The van der Waals surface area contributed by atoms with Gasteiger partial charge in [-0.25, -0.2) is 4.79 Å². The van der Waals surface area contributed by atoms with Gasteiger partial charge < -0.3 is 10.0 Å². The van der Waals surface area contributed by atoms with E-state index in [0.29, 0.717) is 11.4 Å². The molecular formula is C13H14N2O2S. The van der Waals surface area contributed by atoms with Gasteiger partial charge in [0.05, 0.1) is 12.2 Å². The van der Waals surface area contributed by atoms with Gasteiger partial charge in [-0.05, 0) is 25.1 Å². The predicted octanol–water partition coefficient (Wildman–Crippen LogP) is 2.79. The number of nitrogens with zero attached hydrogens (tertiary/aromatic N) is 2. The van der Waals surface area contributed by atoms with Crippen LogP contribution in [0.5, 0.6) is 0 Å². The highest BCUT2D eigenvalue weighted by Crippen LogP contribution is 2.23. The zero-order valence-corrected chi connectivity index (χ0v) is 11.1. The van der Waals surface area contributed by atoms with E-state index in [1.54, 1.807) is 6.07 Å². The zero-order chi connectivity index (χ0) is 13.1. The van der Waals surface area contributed by atoms with E-state index in [2.05, 4.69) is 4.98 Å². The normalized spacial score (nSPS) is 10.3. The van der Waals surface area contributed by atoms with Crippen molar-refractivity contribution in [3.8, 4) is 0 Å². The fourth-order valence-corrected chi connectivity index (χ4v) is 2.45. The average molecular weight is 262 g/mol. The van der Waals surface area contributed by atoms with Crippen LogP contribution in [0.25, 0.3) is 0 Å². The Labute approximate surface area is 110 Å². The molecule has 2 heterocycles. The molecule has 0 aliphatic carbocycles. The van der Waals surface area contributed by atoms with Crippen molar-refractivity contribution < 1.29 is 9.90 Å². The van der Waals surface area contributed by atoms with Gasteiger partial charge in [0.1, 0.15) is 4.88 Å². The van der Waals surface area contributed by atoms with E-state index in [1.165, 1.54) is 11.3 Å². The highest BCUT2D eigenvalue weighted by atomic mass is 32.1. The maximum Gasteiger partial charge on any atom is 0.345 e. The summed E-state index contributed by atoms with van der Waals surface area (Å²) in [6, 6.07) is 7.58. The molecule has 1 N–H and O–H groups in total. The van der Waals surface area contributed by atoms with Crippen LogP contribution in [-0.4, -0.2) is 23.1 Å². The Morgan fingerprint density at radius 2 is 2.28 bits per heavy atom. The lowest BCUT2D eigenvalue weighted by Gasteiger charge is -2.17. The molecule has 0 aromatic carbocycles. The van der Waals surface area contributed by atoms with E-state index in [4.69, 9.17) is 5.11 Å². The van der Waals surface area contributed by atoms with E-state index in [9.17, 15) is 4.79 Å². The fourth-order valence-electron chi connectivity index (χ4n) is 1.66. The van der Waals surface area contributed by atoms with Gasteiger partial charge in [-0.3, -0.25) is 4.98 Å². The molecule has 94 valence electrons. The molecule has 0 fully saturated rings. The number of anilines is 1. The van der Waals surface area contributed by atoms with E-state index in [0.717, 1.165) is 17.1 Å². The van der Waals surface area contributed by atoms with Crippen molar-refractivity contribution in [1.82, 2.24) is 4.98 Å². The Kier molecular flexibility index (Phi) is 3.62. The Bertz CT molecular complexity index is 566. The summed E-state index contributed by atoms with van der Waals surface area (Å²) in [6.07, 6.45) is 0. The number of hydrogen-bond donors (Lipinski definition) is 1. The highest BCUT2D eigenvalue weighted by Gasteiger charge is 2.10. The number of thiophene rings is 1. The van der Waals surface area contributed by atoms with Gasteiger partial charge >= 0.3 is 5.97 Å². The topological polar surface area (TPSA) is 53.4 Å². The summed E-state index contributed by atoms with van der Waals surface area (Å²) >= 11 is 1.24. The van der Waals surface area contributed by atoms with E-state index in [1.807, 2.05) is 42.5 Å². The summed E-state index contributed by atoms with van der Waals surface area (Å²) in [5.74, 6) is -0.881. The minimum atomic E-state index is -0.881. The first-order chi connectivity index (χ1) is 8.56. The molecule has 0 aliphatic heterocycles. The minimum Gasteiger partial charge on any atom is -0.477 e. The van der Waals surface area contributed by atoms with Gasteiger partial charge in [-0.2, -0.15) is 0 Å². The maximum atomic E-state index is 10.8. The van der Waals surface area contributed by atoms with Crippen LogP contribution in [-0.2, 0) is 6.54 Å². The molecular weight excluding hydrogens is 248 g/mol. The number of carbonyl (C=O) groups is 1. The van der Waals surface area contributed by atoms with E-state index < -0.39 is 5.97 Å². The molecule has 0 aliphatic rings. The van der Waals surface area contributed by atoms with Crippen molar-refractivity contribution in [3.63, 3.8) is 0 Å². The third-order valence-corrected chi connectivity index (χ3v) is 3.49. The average Bonchev–Trinajstić information content (AvgIpc) is 2.78. The Balaban J connectivity index is 2.11. The van der Waals surface area contributed by atoms with Crippen molar-refractivity contribution in [2.24, 2.45) is 0 Å². The number of aryl methyl sites for hydroxylation is 1. The molecule has 5 heteroatoms. The second-order valence-electron chi connectivity index (χ2n) is 4.10. The first-order valence-corrected chi connectivity index (χ1v) is 6.40. The number of carboxylic acids is 1. The van der Waals surface area contributed by atoms with Crippen molar-refractivity contribution in [2.45, 2.75) is 13.5 Å². The van der Waals surface area contributed by atoms with Crippen LogP contribution in [0.15, 0.2) is 29.6 Å². The second-order valence-corrected chi connectivity index (χ2v) is 5.01. The summed E-state index contributed by atoms with van der Waals surface area (Å²) in [4.78, 5) is 17.6. The molecule has 2 rings (SSSR count). The number of carboxylic acid groups (broad SMARTS) is 1. The van der Waals surface area contributed by atoms with Crippen LogP contribution in [0, 0.1) is 6.92 Å². The smallest absolute Gasteiger partial charge is 0.345 e. The van der Waals surface area contributed by atoms with Crippen molar-refractivity contribution >= 4 is 23.0 Å². The molecule has 0 saturated carbocycles. The van der Waals surface area contributed by atoms with Crippen LogP contribution in [0.3, 0.4) is 0 Å². The van der Waals surface area contributed by atoms with Crippen LogP contribution < -0.4 is 4.90 Å². The van der Waals surface area contributed by atoms with Gasteiger partial charge in [-0.1, -0.05) is 6.07 Å². The fraction of sp³-hybridized carbons (Fsp3) is 0.231. The first kappa shape index (κ1) is 12.6. The van der Waals surface area contributed by atoms with Gasteiger partial charge in [0, 0.05) is 23.8 Å². The van der Waals surface area contributed by atoms with Crippen molar-refractivity contribution in [3.05, 3.63) is 45.9 Å². The Hall–Kier alpha value is -1.88. The largest absolute Gasteiger partial charge is 0.477 e. The summed E-state index contributed by atoms with van der Waals surface area (Å²) < 4.78 is 0. The predicted molar refractivity (Wildman–Crippen MR) is 72.4 cm³/mol. The van der Waals surface area contributed by atoms with Crippen molar-refractivity contribution in [2.75, 3.05) is 11.9 Å². The van der Waals surface area contributed by atoms with Gasteiger partial charge in [-0.15, -0.1) is 11.3 Å². The first-order valence-electron chi connectivity index (χ1n) is 5.52. The minimum absolute atomic E-state index is 0.356. The maximum absolute atomic E-state index is 10.8. The number of hydrogen-bond acceptors (Lipinski definition) is 4. The molecule has 4 nitrogen and oxygen atoms in total. The molecule has 0 amide bonds. The zero-order valence-electron chi connectivity index (χ0n) is 10.3. The SMILES string of the molecule is Cc1cccc(CN(C)c2csc(C(=O)O)c2)n1. The Morgan fingerprint density at radius 1 is 1.50 bits per heavy atom. The molecule has 0 spiro atoms. The summed E-state index contributed by atoms with van der Waals surface area (Å²) in [5.41, 5.74) is 2.86. The molecule has 0 radical (unpaired) electrons. The monoisotopic (exact) mass is 262 g/mol. The van der Waals surface area contributed by atoms with Crippen LogP contribution in [0.4, 0.5) is 5.69 Å². The summed E-state index contributed by atoms with van der Waals surface area (Å²) in [7, 11) is 1.93. The number of pyridine rings is 1. The van der Waals surface area contributed by atoms with Gasteiger partial charge in [0.15, 0.2) is 0 Å². The molecule has 2 aromatic rings. The van der Waals surface area contributed by atoms with E-state index in [-0.39, 0.29) is 0 Å².